The van der Waals surface area contributed by atoms with Crippen LogP contribution in [0.5, 0.6) is 23.0 Å². The molecule has 2 aromatic rings. The molecule has 3 aliphatic heterocycles. The van der Waals surface area contributed by atoms with Crippen molar-refractivity contribution >= 4 is 40.3 Å². The maximum Gasteiger partial charge on any atom is 0.312 e. The summed E-state index contributed by atoms with van der Waals surface area (Å²) in [4.78, 5) is 39.8. The van der Waals surface area contributed by atoms with Gasteiger partial charge in [-0.3, -0.25) is 14.4 Å². The molecule has 15 nitrogen and oxygen atoms in total. The Morgan fingerprint density at radius 1 is 0.981 bits per heavy atom. The number of amides is 1. The van der Waals surface area contributed by atoms with Gasteiger partial charge in [-0.15, -0.1) is 0 Å². The minimum Gasteiger partial charge on any atom is -0.507 e. The molecule has 53 heavy (non-hydrogen) atoms. The van der Waals surface area contributed by atoms with Crippen molar-refractivity contribution in [3.8, 4) is 23.0 Å². The number of nitrogens with two attached hydrogens (primary N) is 1. The number of allylic oxidation sites excluding steroid dienone is 2. The van der Waals surface area contributed by atoms with Gasteiger partial charge in [0.2, 0.25) is 0 Å². The lowest BCUT2D eigenvalue weighted by Gasteiger charge is -2.38. The van der Waals surface area contributed by atoms with Crippen LogP contribution in [0.4, 0.5) is 5.69 Å². The maximum atomic E-state index is 14.1. The van der Waals surface area contributed by atoms with Crippen LogP contribution < -0.4 is 15.9 Å². The van der Waals surface area contributed by atoms with Gasteiger partial charge in [0.1, 0.15) is 23.4 Å². The fourth-order valence-electron chi connectivity index (χ4n) is 6.95. The molecule has 0 saturated heterocycles. The van der Waals surface area contributed by atoms with Crippen LogP contribution in [0.25, 0.3) is 10.8 Å². The summed E-state index contributed by atoms with van der Waals surface area (Å²) in [6.45, 7) is 12.3. The number of nitrogens with zero attached hydrogens (tertiary/aromatic N) is 1. The van der Waals surface area contributed by atoms with E-state index >= 15 is 0 Å². The van der Waals surface area contributed by atoms with Gasteiger partial charge in [-0.25, -0.2) is 0 Å². The van der Waals surface area contributed by atoms with Crippen LogP contribution in [0, 0.1) is 30.6 Å². The first-order valence-electron chi connectivity index (χ1n) is 17.1. The molecular formula is C38H49N3O12. The predicted octanol–water partition coefficient (Wildman–Crippen LogP) is 4.05. The molecule has 0 fully saturated rings. The Morgan fingerprint density at radius 3 is 2.25 bits per heavy atom. The van der Waals surface area contributed by atoms with E-state index in [2.05, 4.69) is 10.4 Å². The Labute approximate surface area is 307 Å². The Hall–Kier alpha value is -5.12. The minimum absolute atomic E-state index is 0.0294. The van der Waals surface area contributed by atoms with Crippen molar-refractivity contribution in [3.05, 3.63) is 52.8 Å². The van der Waals surface area contributed by atoms with E-state index in [1.807, 2.05) is 0 Å². The fraction of sp³-hybridized carbons (Fsp3) is 0.474. The van der Waals surface area contributed by atoms with Gasteiger partial charge in [0.05, 0.1) is 53.0 Å². The average Bonchev–Trinajstić information content (AvgIpc) is 3.38. The molecule has 1 amide bonds. The summed E-state index contributed by atoms with van der Waals surface area (Å²) in [6.07, 6.45) is 4.36. The molecule has 0 saturated carbocycles. The van der Waals surface area contributed by atoms with Gasteiger partial charge in [-0.2, -0.15) is 5.10 Å². The number of fused-ring (bicyclic) bond motifs is 14. The number of methoxy groups -OCH3 is 1. The number of phenolic OH excluding ortho intramolecular Hbond substituents is 3. The van der Waals surface area contributed by atoms with Gasteiger partial charge in [0.25, 0.3) is 11.7 Å². The molecule has 5 rings (SSSR count). The monoisotopic (exact) mass is 739 g/mol. The topological polar surface area (TPSA) is 240 Å². The number of aliphatic hydroxyl groups is 2. The zero-order chi connectivity index (χ0) is 39.7. The lowest BCUT2D eigenvalue weighted by Crippen LogP contribution is -2.46. The Bertz CT molecular complexity index is 1900. The standard InChI is InChI=1S/C38H49N3O12/c1-16-11-10-12-17(2)37(49)41-28-23(15-40-39)32(46)25-26(33(28)47)31(45)21(6)35-27(25)36(48)38(8,53-35)51-14-13-24(50-9)18(3)34(52-22(7)42)20(5)30(44)19(4)29(16)43/h10-16,18-20,24,29-30,34,43-47H,39H2,1-9H3,(H,41,49)/b11-10+,14-13+,17-12?,40-15+. The first-order chi connectivity index (χ1) is 24.8. The van der Waals surface area contributed by atoms with E-state index in [9.17, 15) is 39.9 Å². The molecule has 15 heteroatoms. The van der Waals surface area contributed by atoms with Crippen LogP contribution >= 0.6 is 0 Å². The third-order valence-electron chi connectivity index (χ3n) is 10.2. The quantitative estimate of drug-likeness (QED) is 0.0588. The van der Waals surface area contributed by atoms with Gasteiger partial charge in [-0.05, 0) is 19.9 Å². The number of hydrogen-bond donors (Lipinski definition) is 7. The lowest BCUT2D eigenvalue weighted by molar-refractivity contribution is -0.160. The molecule has 3 aliphatic rings. The second-order valence-corrected chi connectivity index (χ2v) is 13.9. The van der Waals surface area contributed by atoms with Crippen molar-refractivity contribution < 1.29 is 58.9 Å². The van der Waals surface area contributed by atoms with Gasteiger partial charge in [0.15, 0.2) is 5.75 Å². The van der Waals surface area contributed by atoms with Crippen molar-refractivity contribution in [2.24, 2.45) is 34.6 Å². The molecular weight excluding hydrogens is 690 g/mol. The van der Waals surface area contributed by atoms with Crippen LogP contribution in [0.15, 0.2) is 41.2 Å². The number of aliphatic hydroxyl groups excluding tert-OH is 2. The largest absolute Gasteiger partial charge is 0.507 e. The van der Waals surface area contributed by atoms with Crippen molar-refractivity contribution in [2.45, 2.75) is 85.6 Å². The van der Waals surface area contributed by atoms with E-state index in [1.165, 1.54) is 53.2 Å². The van der Waals surface area contributed by atoms with Gasteiger partial charge < -0.3 is 55.6 Å². The van der Waals surface area contributed by atoms with E-state index in [0.717, 1.165) is 6.21 Å². The summed E-state index contributed by atoms with van der Waals surface area (Å²) in [6, 6.07) is 0. The molecule has 288 valence electrons. The van der Waals surface area contributed by atoms with Crippen molar-refractivity contribution in [1.29, 1.82) is 0 Å². The second kappa shape index (κ2) is 15.9. The number of hydrogen-bond acceptors (Lipinski definition) is 14. The number of aromatic hydroxyl groups is 3. The van der Waals surface area contributed by atoms with Crippen molar-refractivity contribution in [2.75, 3.05) is 12.4 Å². The molecule has 0 spiro atoms. The van der Waals surface area contributed by atoms with Crippen LogP contribution in [0.1, 0.15) is 70.0 Å². The molecule has 0 aromatic heterocycles. The Morgan fingerprint density at radius 2 is 1.64 bits per heavy atom. The molecule has 3 heterocycles. The maximum absolute atomic E-state index is 14.1. The van der Waals surface area contributed by atoms with Crippen LogP contribution in [-0.2, 0) is 23.8 Å². The number of rotatable bonds is 3. The molecule has 0 aliphatic carbocycles. The fourth-order valence-corrected chi connectivity index (χ4v) is 6.95. The third-order valence-corrected chi connectivity index (χ3v) is 10.2. The number of ketones is 1. The second-order valence-electron chi connectivity index (χ2n) is 13.9. The predicted molar refractivity (Wildman–Crippen MR) is 196 cm³/mol. The number of esters is 1. The number of hydrazone groups is 1. The number of carbonyl (C=O) groups is 3. The van der Waals surface area contributed by atoms with Gasteiger partial charge in [-0.1, -0.05) is 45.9 Å². The number of phenols is 3. The molecule has 9 unspecified atom stereocenters. The summed E-state index contributed by atoms with van der Waals surface area (Å²) in [7, 11) is 1.42. The summed E-state index contributed by atoms with van der Waals surface area (Å²) in [5.41, 5.74) is -0.677. The van der Waals surface area contributed by atoms with Crippen LogP contribution in [0.2, 0.25) is 0 Å². The highest BCUT2D eigenvalue weighted by molar-refractivity contribution is 6.23. The van der Waals surface area contributed by atoms with E-state index in [-0.39, 0.29) is 44.5 Å². The van der Waals surface area contributed by atoms with E-state index < -0.39 is 88.8 Å². The molecule has 2 aromatic carbocycles. The molecule has 9 atom stereocenters. The normalized spacial score (nSPS) is 31.2. The molecule has 8 N–H and O–H groups in total. The Kier molecular flexibility index (Phi) is 12.2. The summed E-state index contributed by atoms with van der Waals surface area (Å²) in [5.74, 6) is -3.22. The molecule has 5 bridgehead atoms. The van der Waals surface area contributed by atoms with E-state index in [4.69, 9.17) is 24.8 Å². The van der Waals surface area contributed by atoms with Gasteiger partial charge >= 0.3 is 11.8 Å². The highest BCUT2D eigenvalue weighted by Gasteiger charge is 2.50. The number of benzene rings is 2. The summed E-state index contributed by atoms with van der Waals surface area (Å²) in [5, 5.41) is 62.5. The average molecular weight is 740 g/mol. The zero-order valence-electron chi connectivity index (χ0n) is 31.2. The summed E-state index contributed by atoms with van der Waals surface area (Å²) >= 11 is 0. The van der Waals surface area contributed by atoms with E-state index in [0.29, 0.717) is 0 Å². The molecule has 0 radical (unpaired) electrons. The number of ether oxygens (including phenoxy) is 4. The SMILES string of the molecule is COC1/C=C/OC2(C)Oc3c(C)c(O)c4c(O)c(c(/C=N/N)c(O)c4c3C2=O)NC(=O)C(C)=C/C=C/C(C)C(O)C(C)C(O)C(C)C(OC(C)=O)C1C. The van der Waals surface area contributed by atoms with Crippen molar-refractivity contribution in [1.82, 2.24) is 0 Å². The first-order valence-corrected chi connectivity index (χ1v) is 17.1. The first kappa shape index (κ1) is 40.6. The van der Waals surface area contributed by atoms with Gasteiger partial charge in [0, 0.05) is 61.2 Å². The minimum atomic E-state index is -2.05. The number of Topliss-reactive ketones (excluding diaryl/α,β-unsaturated/α-hetero) is 1. The number of nitrogens with one attached hydrogen (secondary N) is 1. The number of anilines is 1. The zero-order valence-corrected chi connectivity index (χ0v) is 31.2. The highest BCUT2D eigenvalue weighted by atomic mass is 16.7. The number of carbonyl (C=O) groups excluding carboxylic acids is 3. The lowest BCUT2D eigenvalue weighted by atomic mass is 9.78. The summed E-state index contributed by atoms with van der Waals surface area (Å²) < 4.78 is 23.3. The third kappa shape index (κ3) is 7.54. The van der Waals surface area contributed by atoms with Crippen LogP contribution in [0.3, 0.4) is 0 Å². The smallest absolute Gasteiger partial charge is 0.312 e. The van der Waals surface area contributed by atoms with E-state index in [1.54, 1.807) is 39.8 Å². The Balaban J connectivity index is 1.95. The highest BCUT2D eigenvalue weighted by Crippen LogP contribution is 2.55. The van der Waals surface area contributed by atoms with Crippen molar-refractivity contribution in [3.63, 3.8) is 0 Å². The van der Waals surface area contributed by atoms with Crippen LogP contribution in [-0.4, -0.2) is 86.7 Å².